The molecule has 2 aromatic heterocycles. The molecule has 0 saturated carbocycles. The molecular weight excluding hydrogens is 708 g/mol. The summed E-state index contributed by atoms with van der Waals surface area (Å²) in [6, 6.07) is 32.7. The van der Waals surface area contributed by atoms with E-state index in [0.717, 1.165) is 44.2 Å². The van der Waals surface area contributed by atoms with Crippen molar-refractivity contribution in [2.75, 3.05) is 0 Å². The molecule has 0 aliphatic heterocycles. The molecule has 47 heavy (non-hydrogen) atoms. The quantitative estimate of drug-likeness (QED) is 0.149. The van der Waals surface area contributed by atoms with Crippen molar-refractivity contribution in [2.45, 2.75) is 11.9 Å². The average Bonchev–Trinajstić information content (AvgIpc) is 3.68. The number of alkyl halides is 1. The number of ether oxygens (including phenoxy) is 3. The monoisotopic (exact) mass is 731 g/mol. The van der Waals surface area contributed by atoms with E-state index < -0.39 is 23.1 Å². The van der Waals surface area contributed by atoms with Crippen LogP contribution in [0.1, 0.15) is 20.4 Å². The first-order valence-corrected chi connectivity index (χ1v) is 16.8. The van der Waals surface area contributed by atoms with E-state index in [4.69, 9.17) is 19.9 Å². The van der Waals surface area contributed by atoms with Gasteiger partial charge in [0, 0.05) is 12.1 Å². The number of nitrogens with two attached hydrogens (primary N) is 1. The third-order valence-electron chi connectivity index (χ3n) is 6.53. The van der Waals surface area contributed by atoms with Gasteiger partial charge in [-0.3, -0.25) is 4.79 Å². The highest BCUT2D eigenvalue weighted by molar-refractivity contribution is 9.08. The summed E-state index contributed by atoms with van der Waals surface area (Å²) in [6.45, 7) is -0.0467. The fourth-order valence-corrected chi connectivity index (χ4v) is 6.54. The maximum absolute atomic E-state index is 14.3. The van der Waals surface area contributed by atoms with Crippen molar-refractivity contribution in [3.8, 4) is 28.7 Å². The Morgan fingerprint density at radius 1 is 0.702 bits per heavy atom. The van der Waals surface area contributed by atoms with Gasteiger partial charge in [0.05, 0.1) is 25.8 Å². The van der Waals surface area contributed by atoms with Crippen molar-refractivity contribution in [1.82, 2.24) is 9.97 Å². The van der Waals surface area contributed by atoms with Crippen LogP contribution in [0.5, 0.6) is 28.7 Å². The Labute approximate surface area is 284 Å². The van der Waals surface area contributed by atoms with E-state index in [1.807, 2.05) is 84.9 Å². The van der Waals surface area contributed by atoms with Crippen LogP contribution >= 0.6 is 38.6 Å². The van der Waals surface area contributed by atoms with E-state index in [-0.39, 0.29) is 12.4 Å². The van der Waals surface area contributed by atoms with Crippen LogP contribution in [-0.2, 0) is 11.9 Å². The zero-order valence-corrected chi connectivity index (χ0v) is 27.6. The molecule has 12 heteroatoms. The fraction of sp³-hybridized carbons (Fsp3) is 0.0571. The lowest BCUT2D eigenvalue weighted by Crippen LogP contribution is -2.16. The van der Waals surface area contributed by atoms with E-state index in [9.17, 15) is 13.6 Å². The molecule has 2 N–H and O–H groups in total. The van der Waals surface area contributed by atoms with Crippen molar-refractivity contribution in [1.29, 1.82) is 0 Å². The Morgan fingerprint density at radius 3 is 1.77 bits per heavy atom. The van der Waals surface area contributed by atoms with Gasteiger partial charge < -0.3 is 19.9 Å². The molecule has 7 nitrogen and oxygen atoms in total. The van der Waals surface area contributed by atoms with Crippen LogP contribution in [0.25, 0.3) is 20.4 Å². The first-order valence-electron chi connectivity index (χ1n) is 14.1. The minimum absolute atomic E-state index is 0.0467. The summed E-state index contributed by atoms with van der Waals surface area (Å²) in [5, 5.41) is 2.46. The smallest absolute Gasteiger partial charge is 0.254 e. The van der Waals surface area contributed by atoms with Crippen LogP contribution in [0.2, 0.25) is 0 Å². The van der Waals surface area contributed by atoms with Gasteiger partial charge in [0.2, 0.25) is 0 Å². The first-order chi connectivity index (χ1) is 22.9. The molecule has 5 aromatic carbocycles. The molecule has 0 bridgehead atoms. The Balaban J connectivity index is 0.000000183. The molecule has 0 aliphatic rings. The van der Waals surface area contributed by atoms with Gasteiger partial charge in [-0.25, -0.2) is 18.7 Å². The number of para-hydroxylation sites is 2. The zero-order valence-electron chi connectivity index (χ0n) is 24.4. The van der Waals surface area contributed by atoms with Gasteiger partial charge in [-0.2, -0.15) is 0 Å². The van der Waals surface area contributed by atoms with Gasteiger partial charge in [-0.1, -0.05) is 52.3 Å². The highest BCUT2D eigenvalue weighted by Gasteiger charge is 2.19. The summed E-state index contributed by atoms with van der Waals surface area (Å²) >= 11 is 6.49. The average molecular weight is 733 g/mol. The molecule has 7 rings (SSSR count). The number of halogens is 3. The summed E-state index contributed by atoms with van der Waals surface area (Å²) in [6.07, 6.45) is 0. The van der Waals surface area contributed by atoms with Gasteiger partial charge in [-0.15, -0.1) is 22.7 Å². The highest BCUT2D eigenvalue weighted by Crippen LogP contribution is 2.31. The van der Waals surface area contributed by atoms with Crippen LogP contribution in [0, 0.1) is 11.6 Å². The van der Waals surface area contributed by atoms with Crippen molar-refractivity contribution in [3.05, 3.63) is 136 Å². The molecule has 236 valence electrons. The number of benzene rings is 5. The molecule has 0 saturated heterocycles. The number of carbonyl (C=O) groups excluding carboxylic acids is 1. The second-order valence-corrected chi connectivity index (χ2v) is 12.6. The Hall–Kier alpha value is -4.91. The normalized spacial score (nSPS) is 10.8. The minimum Gasteiger partial charge on any atom is -0.483 e. The standard InChI is InChI=1S/C21H14F2N2O3S.C14H10BrNOS/c22-14-7-8-16(20(23)19(14)21(24)26)27-11-18-25-15-10-13(6-9-17(15)29-18)28-12-4-2-1-3-5-12;15-9-14-16-12-8-11(6-7-13(12)18-14)17-10-4-2-1-3-5-10/h1-10H,11H2,(H2,24,26);1-8H,9H2. The zero-order chi connectivity index (χ0) is 32.8. The second-order valence-electron chi connectivity index (χ2n) is 9.83. The number of fused-ring (bicyclic) bond motifs is 2. The molecule has 1 amide bonds. The molecule has 0 fully saturated rings. The maximum Gasteiger partial charge on any atom is 0.254 e. The number of hydrogen-bond acceptors (Lipinski definition) is 8. The minimum atomic E-state index is -1.20. The van der Waals surface area contributed by atoms with Crippen LogP contribution in [0.15, 0.2) is 109 Å². The van der Waals surface area contributed by atoms with Gasteiger partial charge in [0.25, 0.3) is 5.91 Å². The number of carbonyl (C=O) groups is 1. The number of rotatable bonds is 9. The highest BCUT2D eigenvalue weighted by atomic mass is 79.9. The first kappa shape index (κ1) is 32.0. The van der Waals surface area contributed by atoms with Crippen molar-refractivity contribution >= 4 is 64.9 Å². The van der Waals surface area contributed by atoms with E-state index in [1.54, 1.807) is 17.4 Å². The Morgan fingerprint density at radius 2 is 1.23 bits per heavy atom. The summed E-state index contributed by atoms with van der Waals surface area (Å²) in [5.74, 6) is -0.623. The maximum atomic E-state index is 14.3. The lowest BCUT2D eigenvalue weighted by atomic mass is 10.2. The molecule has 0 aliphatic carbocycles. The molecule has 0 spiro atoms. The number of thiazole rings is 2. The lowest BCUT2D eigenvalue weighted by molar-refractivity contribution is 0.0991. The SMILES string of the molecule is BrCc1nc2cc(Oc3ccccc3)ccc2s1.NC(=O)c1c(F)ccc(OCc2nc3cc(Oc4ccccc4)ccc3s2)c1F. The second kappa shape index (κ2) is 14.7. The molecule has 7 aromatic rings. The van der Waals surface area contributed by atoms with Gasteiger partial charge in [0.15, 0.2) is 11.6 Å². The number of aromatic nitrogens is 2. The topological polar surface area (TPSA) is 96.6 Å². The van der Waals surface area contributed by atoms with Gasteiger partial charge >= 0.3 is 0 Å². The van der Waals surface area contributed by atoms with Crippen LogP contribution in [0.4, 0.5) is 8.78 Å². The van der Waals surface area contributed by atoms with Crippen molar-refractivity contribution in [2.24, 2.45) is 5.73 Å². The third-order valence-corrected chi connectivity index (χ3v) is 9.48. The molecule has 0 atom stereocenters. The van der Waals surface area contributed by atoms with E-state index in [0.29, 0.717) is 22.0 Å². The van der Waals surface area contributed by atoms with Crippen molar-refractivity contribution in [3.63, 3.8) is 0 Å². The van der Waals surface area contributed by atoms with Gasteiger partial charge in [-0.05, 0) is 60.7 Å². The predicted octanol–water partition coefficient (Wildman–Crippen LogP) is 10.0. The van der Waals surface area contributed by atoms with Crippen LogP contribution in [-0.4, -0.2) is 15.9 Å². The third kappa shape index (κ3) is 7.91. The van der Waals surface area contributed by atoms with E-state index >= 15 is 0 Å². The molecule has 0 unspecified atom stereocenters. The van der Waals surface area contributed by atoms with Crippen molar-refractivity contribution < 1.29 is 27.8 Å². The molecule has 0 radical (unpaired) electrons. The van der Waals surface area contributed by atoms with E-state index in [2.05, 4.69) is 32.0 Å². The van der Waals surface area contributed by atoms with Crippen LogP contribution < -0.4 is 19.9 Å². The van der Waals surface area contributed by atoms with E-state index in [1.165, 1.54) is 16.0 Å². The predicted molar refractivity (Wildman–Crippen MR) is 184 cm³/mol. The number of nitrogens with zero attached hydrogens (tertiary/aromatic N) is 2. The number of primary amides is 1. The Kier molecular flexibility index (Phi) is 10.0. The summed E-state index contributed by atoms with van der Waals surface area (Å²) in [5.41, 5.74) is 5.89. The lowest BCUT2D eigenvalue weighted by Gasteiger charge is -2.08. The summed E-state index contributed by atoms with van der Waals surface area (Å²) < 4.78 is 46.9. The van der Waals surface area contributed by atoms with Gasteiger partial charge in [0.1, 0.15) is 51.0 Å². The van der Waals surface area contributed by atoms with Crippen LogP contribution in [0.3, 0.4) is 0 Å². The largest absolute Gasteiger partial charge is 0.483 e. The summed E-state index contributed by atoms with van der Waals surface area (Å²) in [7, 11) is 0. The number of amides is 1. The molecule has 2 heterocycles. The Bertz CT molecular complexity index is 2160. The number of hydrogen-bond donors (Lipinski definition) is 1. The molecular formula is C35H24BrF2N3O4S2. The summed E-state index contributed by atoms with van der Waals surface area (Å²) in [4.78, 5) is 20.2. The fourth-order valence-electron chi connectivity index (χ4n) is 4.42.